The summed E-state index contributed by atoms with van der Waals surface area (Å²) >= 11 is 5.33. The predicted octanol–water partition coefficient (Wildman–Crippen LogP) is 2.84. The van der Waals surface area contributed by atoms with E-state index in [0.717, 1.165) is 6.07 Å². The highest BCUT2D eigenvalue weighted by atomic mass is 35.5. The fourth-order valence-electron chi connectivity index (χ4n) is 1.15. The molecule has 0 radical (unpaired) electrons. The number of pyridine rings is 1. The Balaban J connectivity index is 2.26. The number of thiophene rings is 1. The molecule has 0 bridgehead atoms. The molecule has 0 aliphatic rings. The average molecular weight is 304 g/mol. The van der Waals surface area contributed by atoms with Crippen LogP contribution in [0.1, 0.15) is 0 Å². The molecule has 0 saturated carbocycles. The van der Waals surface area contributed by atoms with E-state index in [0.29, 0.717) is 4.21 Å². The summed E-state index contributed by atoms with van der Waals surface area (Å²) in [6.07, 6.45) is 1.25. The first-order valence-corrected chi connectivity index (χ1v) is 7.00. The van der Waals surface area contributed by atoms with Crippen molar-refractivity contribution >= 4 is 45.8 Å². The number of aromatic nitrogens is 1. The minimum Gasteiger partial charge on any atom is -0.587 e. The van der Waals surface area contributed by atoms with Crippen LogP contribution in [0.25, 0.3) is 0 Å². The fraction of sp³-hybridized carbons (Fsp3) is 0. The molecule has 2 heterocycles. The molecule has 0 saturated heterocycles. The number of hydrogen-bond acceptors (Lipinski definition) is 6. The topological polar surface area (TPSA) is 91.1 Å². The monoisotopic (exact) mass is 303 g/mol. The van der Waals surface area contributed by atoms with E-state index in [9.17, 15) is 14.7 Å². The molecule has 2 aromatic rings. The van der Waals surface area contributed by atoms with Crippen LogP contribution in [0.4, 0.5) is 11.5 Å². The molecule has 1 unspecified atom stereocenters. The van der Waals surface area contributed by atoms with Gasteiger partial charge < -0.3 is 4.55 Å². The van der Waals surface area contributed by atoms with Crippen molar-refractivity contribution in [2.24, 2.45) is 0 Å². The third kappa shape index (κ3) is 2.91. The molecule has 1 atom stereocenters. The summed E-state index contributed by atoms with van der Waals surface area (Å²) in [7, 11) is 0. The van der Waals surface area contributed by atoms with Gasteiger partial charge in [-0.05, 0) is 11.4 Å². The Morgan fingerprint density at radius 3 is 2.94 bits per heavy atom. The Morgan fingerprint density at radius 1 is 1.56 bits per heavy atom. The lowest BCUT2D eigenvalue weighted by Crippen LogP contribution is -2.14. The predicted molar refractivity (Wildman–Crippen MR) is 70.3 cm³/mol. The summed E-state index contributed by atoms with van der Waals surface area (Å²) in [5.41, 5.74) is -0.313. The first-order chi connectivity index (χ1) is 8.58. The molecule has 2 aromatic heterocycles. The summed E-state index contributed by atoms with van der Waals surface area (Å²) in [6.45, 7) is 0. The molecule has 94 valence electrons. The van der Waals surface area contributed by atoms with Crippen molar-refractivity contribution in [1.29, 1.82) is 0 Å². The maximum atomic E-state index is 11.8. The Hall–Kier alpha value is -1.35. The second-order valence-corrected chi connectivity index (χ2v) is 5.91. The van der Waals surface area contributed by atoms with E-state index in [4.69, 9.17) is 11.6 Å². The Morgan fingerprint density at radius 2 is 2.33 bits per heavy atom. The van der Waals surface area contributed by atoms with Crippen LogP contribution < -0.4 is 4.72 Å². The van der Waals surface area contributed by atoms with Gasteiger partial charge in [-0.2, -0.15) is 4.72 Å². The molecule has 0 aliphatic heterocycles. The van der Waals surface area contributed by atoms with Crippen molar-refractivity contribution in [1.82, 2.24) is 4.98 Å². The molecule has 0 amide bonds. The number of nitro groups is 1. The van der Waals surface area contributed by atoms with Crippen LogP contribution in [0.15, 0.2) is 34.0 Å². The standard InChI is InChI=1S/C9H6ClN3O3S2/c10-6-4-7(13(14)15)9(11-5-6)12-18(16)8-2-1-3-17-8/h1-5H,(H,11,12). The molecule has 0 aliphatic carbocycles. The van der Waals surface area contributed by atoms with Crippen LogP contribution in [0.3, 0.4) is 0 Å². The smallest absolute Gasteiger partial charge is 0.317 e. The van der Waals surface area contributed by atoms with Crippen LogP contribution in [-0.4, -0.2) is 14.5 Å². The van der Waals surface area contributed by atoms with Gasteiger partial charge in [-0.15, -0.1) is 0 Å². The lowest BCUT2D eigenvalue weighted by Gasteiger charge is -2.08. The van der Waals surface area contributed by atoms with E-state index < -0.39 is 16.3 Å². The van der Waals surface area contributed by atoms with Gasteiger partial charge in [-0.25, -0.2) is 4.98 Å². The van der Waals surface area contributed by atoms with Crippen molar-refractivity contribution in [3.63, 3.8) is 0 Å². The first-order valence-electron chi connectivity index (χ1n) is 4.60. The van der Waals surface area contributed by atoms with Gasteiger partial charge in [0.05, 0.1) is 9.95 Å². The average Bonchev–Trinajstić information content (AvgIpc) is 2.84. The van der Waals surface area contributed by atoms with E-state index in [2.05, 4.69) is 9.71 Å². The minimum atomic E-state index is -1.58. The molecular formula is C9H6ClN3O3S2. The second kappa shape index (κ2) is 5.53. The molecule has 1 N–H and O–H groups in total. The zero-order valence-electron chi connectivity index (χ0n) is 8.70. The lowest BCUT2D eigenvalue weighted by atomic mass is 10.4. The van der Waals surface area contributed by atoms with E-state index in [1.807, 2.05) is 0 Å². The molecule has 6 nitrogen and oxygen atoms in total. The maximum absolute atomic E-state index is 11.8. The Bertz CT molecular complexity index is 564. The summed E-state index contributed by atoms with van der Waals surface area (Å²) in [4.78, 5) is 14.0. The fourth-order valence-corrected chi connectivity index (χ4v) is 3.03. The Kier molecular flexibility index (Phi) is 4.02. The highest BCUT2D eigenvalue weighted by Crippen LogP contribution is 2.28. The van der Waals surface area contributed by atoms with Crippen molar-refractivity contribution < 1.29 is 9.48 Å². The zero-order chi connectivity index (χ0) is 13.1. The Labute approximate surface area is 114 Å². The van der Waals surface area contributed by atoms with Crippen LogP contribution in [0.5, 0.6) is 0 Å². The SMILES string of the molecule is O=[N+]([O-])c1cc(Cl)cnc1N[S+]([O-])c1cccs1. The van der Waals surface area contributed by atoms with Crippen molar-refractivity contribution in [2.45, 2.75) is 4.21 Å². The van der Waals surface area contributed by atoms with E-state index in [1.54, 1.807) is 17.5 Å². The third-order valence-corrected chi connectivity index (χ3v) is 4.39. The van der Waals surface area contributed by atoms with Gasteiger partial charge in [-0.1, -0.05) is 22.9 Å². The van der Waals surface area contributed by atoms with Gasteiger partial charge >= 0.3 is 5.69 Å². The lowest BCUT2D eigenvalue weighted by molar-refractivity contribution is -0.384. The summed E-state index contributed by atoms with van der Waals surface area (Å²) in [6, 6.07) is 4.56. The van der Waals surface area contributed by atoms with Crippen LogP contribution in [-0.2, 0) is 11.4 Å². The van der Waals surface area contributed by atoms with Gasteiger partial charge in [0.25, 0.3) is 0 Å². The molecule has 18 heavy (non-hydrogen) atoms. The third-order valence-electron chi connectivity index (χ3n) is 1.90. The number of anilines is 1. The largest absolute Gasteiger partial charge is 0.587 e. The van der Waals surface area contributed by atoms with E-state index >= 15 is 0 Å². The van der Waals surface area contributed by atoms with Gasteiger partial charge in [-0.3, -0.25) is 10.1 Å². The first kappa shape index (κ1) is 13.1. The quantitative estimate of drug-likeness (QED) is 0.533. The number of hydrogen-bond donors (Lipinski definition) is 1. The maximum Gasteiger partial charge on any atom is 0.317 e. The molecule has 0 fully saturated rings. The number of nitrogens with zero attached hydrogens (tertiary/aromatic N) is 2. The zero-order valence-corrected chi connectivity index (χ0v) is 11.1. The summed E-state index contributed by atoms with van der Waals surface area (Å²) in [5.74, 6) is -0.0730. The van der Waals surface area contributed by atoms with Crippen molar-refractivity contribution in [3.05, 3.63) is 44.9 Å². The van der Waals surface area contributed by atoms with E-state index in [1.165, 1.54) is 17.5 Å². The van der Waals surface area contributed by atoms with Crippen molar-refractivity contribution in [3.8, 4) is 0 Å². The van der Waals surface area contributed by atoms with Gasteiger partial charge in [0, 0.05) is 18.3 Å². The van der Waals surface area contributed by atoms with Crippen LogP contribution >= 0.6 is 22.9 Å². The van der Waals surface area contributed by atoms with Gasteiger partial charge in [0.2, 0.25) is 10.0 Å². The van der Waals surface area contributed by atoms with Crippen molar-refractivity contribution in [2.75, 3.05) is 4.72 Å². The van der Waals surface area contributed by atoms with Crippen LogP contribution in [0, 0.1) is 10.1 Å². The summed E-state index contributed by atoms with van der Waals surface area (Å²) < 4.78 is 14.9. The molecular weight excluding hydrogens is 298 g/mol. The number of rotatable bonds is 4. The van der Waals surface area contributed by atoms with Crippen LogP contribution in [0.2, 0.25) is 5.02 Å². The molecule has 2 rings (SSSR count). The molecule has 9 heteroatoms. The van der Waals surface area contributed by atoms with E-state index in [-0.39, 0.29) is 16.5 Å². The highest BCUT2D eigenvalue weighted by molar-refractivity contribution is 7.94. The van der Waals surface area contributed by atoms with Gasteiger partial charge in [0.1, 0.15) is 11.4 Å². The second-order valence-electron chi connectivity index (χ2n) is 3.08. The normalized spacial score (nSPS) is 12.1. The van der Waals surface area contributed by atoms with Gasteiger partial charge in [0.15, 0.2) is 0 Å². The molecule has 0 aromatic carbocycles. The molecule has 0 spiro atoms. The minimum absolute atomic E-state index is 0.0730. The highest BCUT2D eigenvalue weighted by Gasteiger charge is 2.22. The summed E-state index contributed by atoms with van der Waals surface area (Å²) in [5, 5.41) is 12.7. The number of nitrogens with one attached hydrogen (secondary N) is 1. The number of halogens is 1.